The number of para-hydroxylation sites is 1. The lowest BCUT2D eigenvalue weighted by Crippen LogP contribution is -2.36. The Morgan fingerprint density at radius 2 is 1.71 bits per heavy atom. The number of benzene rings is 2. The minimum Gasteiger partial charge on any atom is -0.477 e. The van der Waals surface area contributed by atoms with Crippen LogP contribution in [0.3, 0.4) is 0 Å². The maximum Gasteiger partial charge on any atom is 0.229 e. The standard InChI is InChI=1S/C27H32N4O3S/c1-30-17-24-23-5-3-4-6-26(23)28-27(25(24)18-30)34-19-21-12-15-31(16-13-21)14-11-20-7-9-22(10-8-20)29-35(2,32)33/h3-10,17-18,21,29H,11-16,19H2,1-2H3. The third-order valence-electron chi connectivity index (χ3n) is 6.74. The molecule has 184 valence electrons. The number of aryl methyl sites for hydroxylation is 1. The highest BCUT2D eigenvalue weighted by atomic mass is 32.2. The highest BCUT2D eigenvalue weighted by Gasteiger charge is 2.21. The van der Waals surface area contributed by atoms with Crippen molar-refractivity contribution in [3.05, 3.63) is 66.5 Å². The Morgan fingerprint density at radius 3 is 2.46 bits per heavy atom. The number of nitrogens with zero attached hydrogens (tertiary/aromatic N) is 3. The van der Waals surface area contributed by atoms with Crippen LogP contribution in [0.4, 0.5) is 5.69 Å². The van der Waals surface area contributed by atoms with Crippen molar-refractivity contribution < 1.29 is 13.2 Å². The lowest BCUT2D eigenvalue weighted by atomic mass is 9.97. The number of ether oxygens (including phenoxy) is 1. The monoisotopic (exact) mass is 492 g/mol. The molecule has 4 aromatic rings. The van der Waals surface area contributed by atoms with Gasteiger partial charge in [0.1, 0.15) is 0 Å². The van der Waals surface area contributed by atoms with Crippen molar-refractivity contribution in [3.8, 4) is 5.88 Å². The van der Waals surface area contributed by atoms with E-state index < -0.39 is 10.0 Å². The third kappa shape index (κ3) is 5.77. The second-order valence-corrected chi connectivity index (χ2v) is 11.4. The SMILES string of the molecule is Cn1cc2c(OCC3CCN(CCc4ccc(NS(C)(=O)=O)cc4)CC3)nc3ccccc3c2c1. The molecular formula is C27H32N4O3S. The molecule has 1 aliphatic rings. The number of nitrogens with one attached hydrogen (secondary N) is 1. The molecule has 0 radical (unpaired) electrons. The summed E-state index contributed by atoms with van der Waals surface area (Å²) < 4.78 is 33.6. The summed E-state index contributed by atoms with van der Waals surface area (Å²) in [7, 11) is -1.20. The van der Waals surface area contributed by atoms with E-state index in [1.807, 2.05) is 43.4 Å². The number of hydrogen-bond donors (Lipinski definition) is 1. The van der Waals surface area contributed by atoms with Crippen LogP contribution in [-0.2, 0) is 23.5 Å². The summed E-state index contributed by atoms with van der Waals surface area (Å²) in [5.41, 5.74) is 2.78. The number of sulfonamides is 1. The quantitative estimate of drug-likeness (QED) is 0.394. The fourth-order valence-corrected chi connectivity index (χ4v) is 5.43. The van der Waals surface area contributed by atoms with Crippen molar-refractivity contribution in [1.82, 2.24) is 14.5 Å². The fraction of sp³-hybridized carbons (Fsp3) is 0.370. The van der Waals surface area contributed by atoms with E-state index in [9.17, 15) is 8.42 Å². The summed E-state index contributed by atoms with van der Waals surface area (Å²) in [5.74, 6) is 1.26. The molecule has 35 heavy (non-hydrogen) atoms. The smallest absolute Gasteiger partial charge is 0.229 e. The Bertz CT molecular complexity index is 1420. The van der Waals surface area contributed by atoms with Crippen LogP contribution in [0.1, 0.15) is 18.4 Å². The highest BCUT2D eigenvalue weighted by Crippen LogP contribution is 2.32. The van der Waals surface area contributed by atoms with E-state index in [1.165, 1.54) is 10.9 Å². The second-order valence-electron chi connectivity index (χ2n) is 9.60. The molecule has 8 heteroatoms. The molecule has 0 unspecified atom stereocenters. The van der Waals surface area contributed by atoms with Crippen LogP contribution < -0.4 is 9.46 Å². The van der Waals surface area contributed by atoms with Gasteiger partial charge < -0.3 is 14.2 Å². The predicted molar refractivity (Wildman–Crippen MR) is 141 cm³/mol. The minimum absolute atomic E-state index is 0.527. The van der Waals surface area contributed by atoms with Gasteiger partial charge in [-0.25, -0.2) is 13.4 Å². The number of rotatable bonds is 8. The van der Waals surface area contributed by atoms with Crippen LogP contribution >= 0.6 is 0 Å². The summed E-state index contributed by atoms with van der Waals surface area (Å²) >= 11 is 0. The van der Waals surface area contributed by atoms with Crippen LogP contribution in [0.2, 0.25) is 0 Å². The van der Waals surface area contributed by atoms with Gasteiger partial charge in [-0.3, -0.25) is 4.72 Å². The first-order valence-electron chi connectivity index (χ1n) is 12.1. The molecule has 0 spiro atoms. The lowest BCUT2D eigenvalue weighted by Gasteiger charge is -2.31. The molecule has 0 bridgehead atoms. The van der Waals surface area contributed by atoms with E-state index in [2.05, 4.69) is 38.7 Å². The van der Waals surface area contributed by atoms with E-state index in [0.717, 1.165) is 67.3 Å². The van der Waals surface area contributed by atoms with Gasteiger partial charge in [0.25, 0.3) is 0 Å². The van der Waals surface area contributed by atoms with Gasteiger partial charge in [0.2, 0.25) is 15.9 Å². The van der Waals surface area contributed by atoms with Crippen LogP contribution in [0.5, 0.6) is 5.88 Å². The zero-order valence-corrected chi connectivity index (χ0v) is 21.1. The number of hydrogen-bond acceptors (Lipinski definition) is 5. The van der Waals surface area contributed by atoms with Gasteiger partial charge in [0.15, 0.2) is 0 Å². The van der Waals surface area contributed by atoms with Crippen molar-refractivity contribution in [2.24, 2.45) is 13.0 Å². The van der Waals surface area contributed by atoms with Gasteiger partial charge in [0.05, 0.1) is 23.8 Å². The maximum atomic E-state index is 11.4. The van der Waals surface area contributed by atoms with E-state index in [-0.39, 0.29) is 0 Å². The first-order valence-corrected chi connectivity index (χ1v) is 14.0. The van der Waals surface area contributed by atoms with Crippen LogP contribution in [0.25, 0.3) is 21.7 Å². The number of anilines is 1. The van der Waals surface area contributed by atoms with Crippen LogP contribution in [0.15, 0.2) is 60.9 Å². The summed E-state index contributed by atoms with van der Waals surface area (Å²) in [6.07, 6.45) is 8.58. The Kier molecular flexibility index (Phi) is 6.67. The van der Waals surface area contributed by atoms with Crippen molar-refractivity contribution in [2.45, 2.75) is 19.3 Å². The van der Waals surface area contributed by atoms with E-state index in [1.54, 1.807) is 0 Å². The van der Waals surface area contributed by atoms with Crippen molar-refractivity contribution >= 4 is 37.4 Å². The zero-order chi connectivity index (χ0) is 24.4. The zero-order valence-electron chi connectivity index (χ0n) is 20.3. The van der Waals surface area contributed by atoms with Gasteiger partial charge in [-0.15, -0.1) is 0 Å². The molecule has 2 aromatic carbocycles. The second kappa shape index (κ2) is 9.87. The molecule has 1 fully saturated rings. The first-order chi connectivity index (χ1) is 16.8. The molecule has 1 aliphatic heterocycles. The number of pyridine rings is 1. The molecular weight excluding hydrogens is 460 g/mol. The van der Waals surface area contributed by atoms with Gasteiger partial charge in [-0.05, 0) is 62.0 Å². The number of aromatic nitrogens is 2. The minimum atomic E-state index is -3.24. The average Bonchev–Trinajstić information content (AvgIpc) is 3.24. The van der Waals surface area contributed by atoms with Gasteiger partial charge >= 0.3 is 0 Å². The highest BCUT2D eigenvalue weighted by molar-refractivity contribution is 7.92. The summed E-state index contributed by atoms with van der Waals surface area (Å²) in [5, 5.41) is 3.41. The van der Waals surface area contributed by atoms with Crippen LogP contribution in [-0.4, -0.2) is 55.4 Å². The Labute approximate surface area is 206 Å². The predicted octanol–water partition coefficient (Wildman–Crippen LogP) is 4.43. The molecule has 2 aromatic heterocycles. The van der Waals surface area contributed by atoms with Crippen LogP contribution in [0, 0.1) is 5.92 Å². The number of likely N-dealkylation sites (tertiary alicyclic amines) is 1. The average molecular weight is 493 g/mol. The van der Waals surface area contributed by atoms with Crippen molar-refractivity contribution in [1.29, 1.82) is 0 Å². The third-order valence-corrected chi connectivity index (χ3v) is 7.35. The van der Waals surface area contributed by atoms with Crippen molar-refractivity contribution in [3.63, 3.8) is 0 Å². The van der Waals surface area contributed by atoms with Gasteiger partial charge in [0, 0.05) is 42.4 Å². The normalized spacial score (nSPS) is 15.6. The molecule has 7 nitrogen and oxygen atoms in total. The lowest BCUT2D eigenvalue weighted by molar-refractivity contribution is 0.141. The fourth-order valence-electron chi connectivity index (χ4n) is 4.86. The summed E-state index contributed by atoms with van der Waals surface area (Å²) in [4.78, 5) is 7.32. The molecule has 5 rings (SSSR count). The largest absolute Gasteiger partial charge is 0.477 e. The molecule has 1 N–H and O–H groups in total. The molecule has 3 heterocycles. The summed E-state index contributed by atoms with van der Waals surface area (Å²) in [6, 6.07) is 15.9. The molecule has 0 atom stereocenters. The molecule has 1 saturated heterocycles. The number of piperidine rings is 1. The van der Waals surface area contributed by atoms with Gasteiger partial charge in [-0.1, -0.05) is 30.3 Å². The van der Waals surface area contributed by atoms with E-state index >= 15 is 0 Å². The topological polar surface area (TPSA) is 76.5 Å². The number of fused-ring (bicyclic) bond motifs is 3. The maximum absolute atomic E-state index is 11.4. The Morgan fingerprint density at radius 1 is 1.00 bits per heavy atom. The molecule has 0 amide bonds. The Balaban J connectivity index is 1.13. The molecule has 0 aliphatic carbocycles. The first kappa shape index (κ1) is 23.6. The Hall–Kier alpha value is -3.10. The van der Waals surface area contributed by atoms with Crippen molar-refractivity contribution in [2.75, 3.05) is 37.2 Å². The van der Waals surface area contributed by atoms with Gasteiger partial charge in [-0.2, -0.15) is 0 Å². The molecule has 0 saturated carbocycles. The van der Waals surface area contributed by atoms with E-state index in [4.69, 9.17) is 9.72 Å². The summed E-state index contributed by atoms with van der Waals surface area (Å²) in [6.45, 7) is 3.82. The van der Waals surface area contributed by atoms with E-state index in [0.29, 0.717) is 18.2 Å².